The minimum absolute atomic E-state index is 0.0339. The molecule has 0 aliphatic heterocycles. The summed E-state index contributed by atoms with van der Waals surface area (Å²) in [6.45, 7) is 3.16. The minimum Gasteiger partial charge on any atom is -0.446 e. The van der Waals surface area contributed by atoms with Gasteiger partial charge in [-0.15, -0.1) is 0 Å². The largest absolute Gasteiger partial charge is 0.446 e. The standard InChI is InChI=1S/C11H12ClN3O4S/c1-7(2)19-11(16)15-20(17,18)14-10-4-3-8(6-13)5-9(10)12/h3-5,7,14H,1-2H3,(H,15,16). The number of nitrogens with zero attached hydrogens (tertiary/aromatic N) is 1. The van der Waals surface area contributed by atoms with E-state index in [1.165, 1.54) is 18.2 Å². The van der Waals surface area contributed by atoms with Gasteiger partial charge in [0.25, 0.3) is 0 Å². The summed E-state index contributed by atoms with van der Waals surface area (Å²) < 4.78 is 31.7. The van der Waals surface area contributed by atoms with E-state index in [0.29, 0.717) is 0 Å². The van der Waals surface area contributed by atoms with Crippen LogP contribution in [0.4, 0.5) is 10.5 Å². The maximum Gasteiger partial charge on any atom is 0.422 e. The molecule has 20 heavy (non-hydrogen) atoms. The second-order valence-corrected chi connectivity index (χ2v) is 5.79. The summed E-state index contributed by atoms with van der Waals surface area (Å²) in [4.78, 5) is 11.2. The normalized spacial score (nSPS) is 10.8. The van der Waals surface area contributed by atoms with E-state index in [1.54, 1.807) is 18.6 Å². The molecule has 0 aliphatic carbocycles. The number of nitrogens with one attached hydrogen (secondary N) is 2. The summed E-state index contributed by atoms with van der Waals surface area (Å²) in [6, 6.07) is 5.86. The Morgan fingerprint density at radius 2 is 2.10 bits per heavy atom. The monoisotopic (exact) mass is 317 g/mol. The van der Waals surface area contributed by atoms with E-state index >= 15 is 0 Å². The van der Waals surface area contributed by atoms with Crippen molar-refractivity contribution in [3.63, 3.8) is 0 Å². The molecule has 0 saturated carbocycles. The van der Waals surface area contributed by atoms with Crippen molar-refractivity contribution in [3.05, 3.63) is 28.8 Å². The van der Waals surface area contributed by atoms with Crippen LogP contribution in [0.2, 0.25) is 5.02 Å². The van der Waals surface area contributed by atoms with Crippen molar-refractivity contribution in [1.29, 1.82) is 5.26 Å². The number of carbonyl (C=O) groups excluding carboxylic acids is 1. The van der Waals surface area contributed by atoms with Gasteiger partial charge in [0.15, 0.2) is 0 Å². The Balaban J connectivity index is 2.82. The van der Waals surface area contributed by atoms with Crippen LogP contribution in [-0.2, 0) is 14.9 Å². The lowest BCUT2D eigenvalue weighted by molar-refractivity contribution is 0.121. The summed E-state index contributed by atoms with van der Waals surface area (Å²) in [5.41, 5.74) is 0.320. The molecular formula is C11H12ClN3O4S. The first kappa shape index (κ1) is 16.1. The van der Waals surface area contributed by atoms with Crippen molar-refractivity contribution >= 4 is 33.6 Å². The lowest BCUT2D eigenvalue weighted by atomic mass is 10.2. The topological polar surface area (TPSA) is 108 Å². The van der Waals surface area contributed by atoms with Gasteiger partial charge in [0.1, 0.15) is 0 Å². The fourth-order valence-corrected chi connectivity index (χ4v) is 2.26. The maximum absolute atomic E-state index is 11.7. The van der Waals surface area contributed by atoms with Gasteiger partial charge in [0, 0.05) is 0 Å². The van der Waals surface area contributed by atoms with Crippen molar-refractivity contribution in [2.45, 2.75) is 20.0 Å². The van der Waals surface area contributed by atoms with Crippen molar-refractivity contribution in [1.82, 2.24) is 4.72 Å². The molecule has 1 aromatic rings. The number of benzene rings is 1. The molecule has 1 amide bonds. The van der Waals surface area contributed by atoms with E-state index in [9.17, 15) is 13.2 Å². The van der Waals surface area contributed by atoms with Gasteiger partial charge in [-0.1, -0.05) is 11.6 Å². The smallest absolute Gasteiger partial charge is 0.422 e. The number of hydrogen-bond acceptors (Lipinski definition) is 5. The van der Waals surface area contributed by atoms with Crippen LogP contribution in [0.3, 0.4) is 0 Å². The van der Waals surface area contributed by atoms with Crippen LogP contribution in [0.5, 0.6) is 0 Å². The summed E-state index contributed by atoms with van der Waals surface area (Å²) in [6.07, 6.45) is -1.55. The quantitative estimate of drug-likeness (QED) is 0.883. The molecule has 0 unspecified atom stereocenters. The number of ether oxygens (including phenoxy) is 1. The number of halogens is 1. The van der Waals surface area contributed by atoms with Crippen LogP contribution >= 0.6 is 11.6 Å². The van der Waals surface area contributed by atoms with Gasteiger partial charge in [-0.3, -0.25) is 4.72 Å². The first-order chi connectivity index (χ1) is 9.23. The number of carbonyl (C=O) groups is 1. The lowest BCUT2D eigenvalue weighted by Crippen LogP contribution is -2.36. The number of amides is 1. The molecular weight excluding hydrogens is 306 g/mol. The zero-order chi connectivity index (χ0) is 15.3. The first-order valence-corrected chi connectivity index (χ1v) is 7.30. The zero-order valence-corrected chi connectivity index (χ0v) is 12.2. The molecule has 1 aromatic carbocycles. The average molecular weight is 318 g/mol. The van der Waals surface area contributed by atoms with E-state index in [1.807, 2.05) is 6.07 Å². The fraction of sp³-hybridized carbons (Fsp3) is 0.273. The Morgan fingerprint density at radius 3 is 2.60 bits per heavy atom. The molecule has 1 rings (SSSR count). The summed E-state index contributed by atoms with van der Waals surface area (Å²) in [5, 5.41) is 8.70. The molecule has 0 radical (unpaired) electrons. The Bertz CT molecular complexity index is 652. The predicted molar refractivity (Wildman–Crippen MR) is 73.5 cm³/mol. The van der Waals surface area contributed by atoms with Crippen LogP contribution in [0.25, 0.3) is 0 Å². The summed E-state index contributed by atoms with van der Waals surface area (Å²) in [7, 11) is -4.16. The van der Waals surface area contributed by atoms with E-state index in [0.717, 1.165) is 0 Å². The molecule has 0 saturated heterocycles. The molecule has 0 bridgehead atoms. The van der Waals surface area contributed by atoms with Gasteiger partial charge in [0.05, 0.1) is 28.4 Å². The van der Waals surface area contributed by atoms with Gasteiger partial charge >= 0.3 is 16.3 Å². The molecule has 0 aliphatic rings. The summed E-state index contributed by atoms with van der Waals surface area (Å²) >= 11 is 5.81. The SMILES string of the molecule is CC(C)OC(=O)NS(=O)(=O)Nc1ccc(C#N)cc1Cl. The second-order valence-electron chi connectivity index (χ2n) is 3.97. The Hall–Kier alpha value is -1.98. The molecule has 0 atom stereocenters. The molecule has 2 N–H and O–H groups in total. The highest BCUT2D eigenvalue weighted by atomic mass is 35.5. The second kappa shape index (κ2) is 6.45. The third-order valence-electron chi connectivity index (χ3n) is 1.90. The maximum atomic E-state index is 11.7. The predicted octanol–water partition coefficient (Wildman–Crippen LogP) is 2.00. The molecule has 108 valence electrons. The third kappa shape index (κ3) is 4.95. The Kier molecular flexibility index (Phi) is 5.19. The first-order valence-electron chi connectivity index (χ1n) is 5.44. The van der Waals surface area contributed by atoms with Crippen LogP contribution in [0.1, 0.15) is 19.4 Å². The van der Waals surface area contributed by atoms with Crippen LogP contribution in [0.15, 0.2) is 18.2 Å². The lowest BCUT2D eigenvalue weighted by Gasteiger charge is -2.12. The zero-order valence-electron chi connectivity index (χ0n) is 10.7. The van der Waals surface area contributed by atoms with Gasteiger partial charge < -0.3 is 4.74 Å². The number of nitriles is 1. The van der Waals surface area contributed by atoms with Gasteiger partial charge in [-0.05, 0) is 32.0 Å². The van der Waals surface area contributed by atoms with Crippen LogP contribution in [0, 0.1) is 11.3 Å². The van der Waals surface area contributed by atoms with Gasteiger partial charge in [0.2, 0.25) is 0 Å². The van der Waals surface area contributed by atoms with E-state index in [-0.39, 0.29) is 16.3 Å². The molecule has 7 nitrogen and oxygen atoms in total. The van der Waals surface area contributed by atoms with Gasteiger partial charge in [-0.25, -0.2) is 9.52 Å². The van der Waals surface area contributed by atoms with Crippen molar-refractivity contribution in [2.24, 2.45) is 0 Å². The van der Waals surface area contributed by atoms with Gasteiger partial charge in [-0.2, -0.15) is 13.7 Å². The van der Waals surface area contributed by atoms with E-state index < -0.39 is 22.4 Å². The van der Waals surface area contributed by atoms with Crippen LogP contribution in [-0.4, -0.2) is 20.6 Å². The fourth-order valence-electron chi connectivity index (χ4n) is 1.19. The third-order valence-corrected chi connectivity index (χ3v) is 3.14. The highest BCUT2D eigenvalue weighted by Crippen LogP contribution is 2.23. The summed E-state index contributed by atoms with van der Waals surface area (Å²) in [5.74, 6) is 0. The molecule has 0 aromatic heterocycles. The molecule has 0 heterocycles. The highest BCUT2D eigenvalue weighted by Gasteiger charge is 2.17. The number of anilines is 1. The average Bonchev–Trinajstić information content (AvgIpc) is 2.29. The van der Waals surface area contributed by atoms with Crippen molar-refractivity contribution < 1.29 is 17.9 Å². The Morgan fingerprint density at radius 1 is 1.45 bits per heavy atom. The molecule has 0 fully saturated rings. The molecule has 9 heteroatoms. The van der Waals surface area contributed by atoms with Crippen molar-refractivity contribution in [3.8, 4) is 6.07 Å². The van der Waals surface area contributed by atoms with Crippen molar-refractivity contribution in [2.75, 3.05) is 4.72 Å². The van der Waals surface area contributed by atoms with E-state index in [4.69, 9.17) is 16.9 Å². The number of rotatable bonds is 4. The highest BCUT2D eigenvalue weighted by molar-refractivity contribution is 7.91. The minimum atomic E-state index is -4.16. The van der Waals surface area contributed by atoms with Crippen LogP contribution < -0.4 is 9.44 Å². The molecule has 0 spiro atoms. The Labute approximate surface area is 121 Å². The number of hydrogen-bond donors (Lipinski definition) is 2. The van der Waals surface area contributed by atoms with E-state index in [2.05, 4.69) is 9.46 Å².